The first-order valence-corrected chi connectivity index (χ1v) is 8.48. The van der Waals surface area contributed by atoms with Crippen LogP contribution < -0.4 is 21.4 Å². The molecule has 8 nitrogen and oxygen atoms in total. The highest BCUT2D eigenvalue weighted by Gasteiger charge is 2.18. The standard InChI is InChI=1S/C19H19N7O/c20-18-17(7-4-10-21-18)19-23-25-26(24-19)12-15-8-9-16(11-22-15)27-13-14-5-2-1-3-6-14/h1-11,25H,12-13H2,(H2,20,21)(H,23,24). The number of amidine groups is 1. The summed E-state index contributed by atoms with van der Waals surface area (Å²) in [6, 6.07) is 17.5. The number of hydrogen-bond acceptors (Lipinski definition) is 8. The quantitative estimate of drug-likeness (QED) is 0.616. The average molecular weight is 361 g/mol. The number of hydrazine groups is 2. The topological polar surface area (TPSA) is 101 Å². The zero-order valence-corrected chi connectivity index (χ0v) is 14.5. The molecule has 0 saturated heterocycles. The second-order valence-electron chi connectivity index (χ2n) is 5.95. The third-order valence-corrected chi connectivity index (χ3v) is 3.98. The monoisotopic (exact) mass is 361 g/mol. The Morgan fingerprint density at radius 2 is 1.89 bits per heavy atom. The lowest BCUT2D eigenvalue weighted by Crippen LogP contribution is -2.41. The van der Waals surface area contributed by atoms with Gasteiger partial charge in [-0.25, -0.2) is 10.5 Å². The molecule has 0 unspecified atom stereocenters. The molecule has 4 rings (SSSR count). The van der Waals surface area contributed by atoms with Crippen molar-refractivity contribution in [2.75, 3.05) is 5.73 Å². The van der Waals surface area contributed by atoms with Crippen LogP contribution in [-0.4, -0.2) is 20.9 Å². The van der Waals surface area contributed by atoms with E-state index in [1.807, 2.05) is 54.6 Å². The van der Waals surface area contributed by atoms with E-state index in [1.165, 1.54) is 0 Å². The summed E-state index contributed by atoms with van der Waals surface area (Å²) in [5.74, 6) is 1.76. The van der Waals surface area contributed by atoms with Gasteiger partial charge in [-0.2, -0.15) is 0 Å². The van der Waals surface area contributed by atoms with Crippen molar-refractivity contribution in [2.45, 2.75) is 13.2 Å². The molecular formula is C19H19N7O. The van der Waals surface area contributed by atoms with Crippen LogP contribution in [0.1, 0.15) is 16.8 Å². The fraction of sp³-hybridized carbons (Fsp3) is 0.105. The van der Waals surface area contributed by atoms with Crippen LogP contribution in [0.25, 0.3) is 0 Å². The van der Waals surface area contributed by atoms with Gasteiger partial charge in [0.25, 0.3) is 0 Å². The summed E-state index contributed by atoms with van der Waals surface area (Å²) in [7, 11) is 0. The average Bonchev–Trinajstić information content (AvgIpc) is 3.17. The molecule has 27 heavy (non-hydrogen) atoms. The lowest BCUT2D eigenvalue weighted by Gasteiger charge is -2.15. The summed E-state index contributed by atoms with van der Waals surface area (Å²) in [5.41, 5.74) is 14.6. The number of rotatable bonds is 6. The van der Waals surface area contributed by atoms with Crippen LogP contribution in [0.5, 0.6) is 5.75 Å². The van der Waals surface area contributed by atoms with Crippen molar-refractivity contribution in [3.05, 3.63) is 83.8 Å². The molecular weight excluding hydrogens is 342 g/mol. The number of nitrogens with two attached hydrogens (primary N) is 1. The molecule has 1 aromatic carbocycles. The lowest BCUT2D eigenvalue weighted by atomic mass is 10.2. The van der Waals surface area contributed by atoms with E-state index >= 15 is 0 Å². The third kappa shape index (κ3) is 4.13. The Bertz CT molecular complexity index is 928. The summed E-state index contributed by atoms with van der Waals surface area (Å²) >= 11 is 0. The van der Waals surface area contributed by atoms with Crippen molar-refractivity contribution >= 4 is 11.7 Å². The first-order valence-electron chi connectivity index (χ1n) is 8.48. The molecule has 0 spiro atoms. The molecule has 3 aromatic rings. The number of aromatic nitrogens is 2. The highest BCUT2D eigenvalue weighted by atomic mass is 16.5. The molecule has 8 heteroatoms. The fourth-order valence-electron chi connectivity index (χ4n) is 2.59. The van der Waals surface area contributed by atoms with E-state index in [1.54, 1.807) is 17.5 Å². The van der Waals surface area contributed by atoms with E-state index in [2.05, 4.69) is 26.0 Å². The van der Waals surface area contributed by atoms with Crippen molar-refractivity contribution < 1.29 is 4.74 Å². The van der Waals surface area contributed by atoms with Gasteiger partial charge in [0.1, 0.15) is 18.2 Å². The molecule has 0 radical (unpaired) electrons. The van der Waals surface area contributed by atoms with Crippen molar-refractivity contribution in [1.29, 1.82) is 0 Å². The minimum atomic E-state index is 0.422. The Kier molecular flexibility index (Phi) is 4.80. The van der Waals surface area contributed by atoms with E-state index in [0.29, 0.717) is 24.8 Å². The first-order chi connectivity index (χ1) is 13.3. The maximum atomic E-state index is 5.88. The predicted octanol–water partition coefficient (Wildman–Crippen LogP) is 1.82. The van der Waals surface area contributed by atoms with Crippen molar-refractivity contribution in [2.24, 2.45) is 5.10 Å². The van der Waals surface area contributed by atoms with Gasteiger partial charge in [-0.1, -0.05) is 30.3 Å². The SMILES string of the molecule is Nc1ncccc1C1=NNN(Cc2ccc(OCc3ccccc3)cn2)N1. The van der Waals surface area contributed by atoms with Crippen LogP contribution in [0.4, 0.5) is 5.82 Å². The second-order valence-corrected chi connectivity index (χ2v) is 5.95. The second kappa shape index (κ2) is 7.71. The maximum Gasteiger partial charge on any atom is 0.174 e. The molecule has 0 amide bonds. The Morgan fingerprint density at radius 1 is 1.00 bits per heavy atom. The molecule has 2 aromatic heterocycles. The van der Waals surface area contributed by atoms with Crippen LogP contribution in [0.15, 0.2) is 72.1 Å². The number of pyridine rings is 2. The van der Waals surface area contributed by atoms with Gasteiger partial charge < -0.3 is 10.5 Å². The summed E-state index contributed by atoms with van der Waals surface area (Å²) in [4.78, 5) is 8.50. The Labute approximate surface area is 156 Å². The zero-order valence-electron chi connectivity index (χ0n) is 14.5. The van der Waals surface area contributed by atoms with Gasteiger partial charge in [0.15, 0.2) is 5.84 Å². The molecule has 0 saturated carbocycles. The number of nitrogen functional groups attached to an aromatic ring is 1. The van der Waals surface area contributed by atoms with Gasteiger partial charge in [0, 0.05) is 6.20 Å². The van der Waals surface area contributed by atoms with Gasteiger partial charge in [0.05, 0.1) is 24.0 Å². The van der Waals surface area contributed by atoms with Crippen molar-refractivity contribution in [3.8, 4) is 5.75 Å². The minimum Gasteiger partial charge on any atom is -0.487 e. The van der Waals surface area contributed by atoms with Crippen molar-refractivity contribution in [1.82, 2.24) is 26.0 Å². The Hall–Kier alpha value is -3.65. The normalized spacial score (nSPS) is 13.6. The molecule has 1 aliphatic heterocycles. The molecule has 136 valence electrons. The number of hydrogen-bond donors (Lipinski definition) is 3. The summed E-state index contributed by atoms with van der Waals surface area (Å²) in [6.07, 6.45) is 3.36. The van der Waals surface area contributed by atoms with Gasteiger partial charge in [-0.15, -0.1) is 10.2 Å². The Balaban J connectivity index is 1.31. The smallest absolute Gasteiger partial charge is 0.174 e. The molecule has 0 fully saturated rings. The van der Waals surface area contributed by atoms with Gasteiger partial charge in [0.2, 0.25) is 0 Å². The van der Waals surface area contributed by atoms with Gasteiger partial charge in [-0.05, 0) is 29.8 Å². The number of ether oxygens (including phenoxy) is 1. The van der Waals surface area contributed by atoms with Crippen LogP contribution in [0.3, 0.4) is 0 Å². The predicted molar refractivity (Wildman–Crippen MR) is 102 cm³/mol. The molecule has 1 aliphatic rings. The number of anilines is 1. The largest absolute Gasteiger partial charge is 0.487 e. The number of nitrogens with one attached hydrogen (secondary N) is 2. The molecule has 0 bridgehead atoms. The van der Waals surface area contributed by atoms with Crippen LogP contribution >= 0.6 is 0 Å². The van der Waals surface area contributed by atoms with E-state index in [0.717, 1.165) is 22.6 Å². The van der Waals surface area contributed by atoms with Crippen molar-refractivity contribution in [3.63, 3.8) is 0 Å². The number of nitrogens with zero attached hydrogens (tertiary/aromatic N) is 4. The minimum absolute atomic E-state index is 0.422. The van der Waals surface area contributed by atoms with E-state index in [9.17, 15) is 0 Å². The molecule has 0 atom stereocenters. The highest BCUT2D eigenvalue weighted by Crippen LogP contribution is 2.14. The summed E-state index contributed by atoms with van der Waals surface area (Å²) in [5, 5.41) is 5.95. The van der Waals surface area contributed by atoms with Crippen LogP contribution in [0, 0.1) is 0 Å². The summed E-state index contributed by atoms with van der Waals surface area (Å²) < 4.78 is 5.75. The van der Waals surface area contributed by atoms with E-state index in [4.69, 9.17) is 10.5 Å². The molecule has 0 aliphatic carbocycles. The molecule has 4 N–H and O–H groups in total. The first kappa shape index (κ1) is 16.8. The van der Waals surface area contributed by atoms with Gasteiger partial charge >= 0.3 is 0 Å². The van der Waals surface area contributed by atoms with E-state index in [-0.39, 0.29) is 0 Å². The Morgan fingerprint density at radius 3 is 2.67 bits per heavy atom. The number of hydrazone groups is 1. The number of benzene rings is 1. The molecule has 3 heterocycles. The summed E-state index contributed by atoms with van der Waals surface area (Å²) in [6.45, 7) is 1.02. The van der Waals surface area contributed by atoms with Gasteiger partial charge in [-0.3, -0.25) is 10.4 Å². The van der Waals surface area contributed by atoms with Crippen LogP contribution in [-0.2, 0) is 13.2 Å². The third-order valence-electron chi connectivity index (χ3n) is 3.98. The van der Waals surface area contributed by atoms with E-state index < -0.39 is 0 Å². The zero-order chi connectivity index (χ0) is 18.5. The fourth-order valence-corrected chi connectivity index (χ4v) is 2.59. The van der Waals surface area contributed by atoms with Crippen LogP contribution in [0.2, 0.25) is 0 Å². The highest BCUT2D eigenvalue weighted by molar-refractivity contribution is 6.02. The maximum absolute atomic E-state index is 5.88. The lowest BCUT2D eigenvalue weighted by molar-refractivity contribution is 0.167.